The lowest BCUT2D eigenvalue weighted by Gasteiger charge is -2.18. The van der Waals surface area contributed by atoms with Crippen molar-refractivity contribution in [2.24, 2.45) is 0 Å². The van der Waals surface area contributed by atoms with Crippen LogP contribution in [-0.4, -0.2) is 16.1 Å². The van der Waals surface area contributed by atoms with Gasteiger partial charge < -0.3 is 0 Å². The van der Waals surface area contributed by atoms with Gasteiger partial charge in [-0.15, -0.1) is 0 Å². The second kappa shape index (κ2) is 5.34. The highest BCUT2D eigenvalue weighted by atomic mass is 28.3. The van der Waals surface area contributed by atoms with E-state index < -0.39 is 16.1 Å². The van der Waals surface area contributed by atoms with Crippen LogP contribution < -0.4 is 10.4 Å². The van der Waals surface area contributed by atoms with Crippen molar-refractivity contribution in [3.63, 3.8) is 0 Å². The zero-order valence-corrected chi connectivity index (χ0v) is 15.6. The molecule has 0 aliphatic rings. The molecule has 0 radical (unpaired) electrons. The van der Waals surface area contributed by atoms with Crippen LogP contribution in [0.4, 0.5) is 0 Å². The Morgan fingerprint density at radius 3 is 0.900 bits per heavy atom. The van der Waals surface area contributed by atoms with E-state index in [9.17, 15) is 0 Å². The van der Waals surface area contributed by atoms with Gasteiger partial charge in [-0.05, 0) is 11.1 Å². The summed E-state index contributed by atoms with van der Waals surface area (Å²) in [7, 11) is -2.37. The van der Waals surface area contributed by atoms with Crippen LogP contribution in [0, 0.1) is 0 Å². The van der Waals surface area contributed by atoms with Gasteiger partial charge in [0, 0.05) is 0 Å². The maximum Gasteiger partial charge on any atom is 0.0775 e. The van der Waals surface area contributed by atoms with Crippen molar-refractivity contribution < 1.29 is 0 Å². The Bertz CT molecular complexity index is 511. The Hall–Kier alpha value is -1.13. The molecule has 106 valence electrons. The molecule has 0 aliphatic carbocycles. The second-order valence-corrected chi connectivity index (χ2v) is 17.8. The third kappa shape index (κ3) is 3.50. The van der Waals surface area contributed by atoms with Gasteiger partial charge in [0.05, 0.1) is 16.1 Å². The van der Waals surface area contributed by atoms with Crippen molar-refractivity contribution >= 4 is 26.5 Å². The molecule has 0 amide bonds. The van der Waals surface area contributed by atoms with Crippen LogP contribution >= 0.6 is 0 Å². The van der Waals surface area contributed by atoms with Crippen LogP contribution in [0.25, 0.3) is 11.1 Å². The Morgan fingerprint density at radius 2 is 0.700 bits per heavy atom. The molecule has 0 bridgehead atoms. The van der Waals surface area contributed by atoms with Gasteiger partial charge in [-0.2, -0.15) is 0 Å². The fraction of sp³-hybridized carbons (Fsp3) is 0.333. The third-order valence-corrected chi connectivity index (χ3v) is 7.97. The summed E-state index contributed by atoms with van der Waals surface area (Å²) < 4.78 is 0. The van der Waals surface area contributed by atoms with Crippen molar-refractivity contribution in [1.82, 2.24) is 0 Å². The third-order valence-electron chi connectivity index (χ3n) is 3.84. The average Bonchev–Trinajstić information content (AvgIpc) is 2.37. The summed E-state index contributed by atoms with van der Waals surface area (Å²) in [4.78, 5) is 0. The number of hydrogen-bond acceptors (Lipinski definition) is 0. The SMILES string of the molecule is C[Si](C)(C)c1ccc(-c2ccc([Si](C)(C)C)cc2)cc1. The molecule has 2 rings (SSSR count). The maximum absolute atomic E-state index is 2.39. The Morgan fingerprint density at radius 1 is 0.450 bits per heavy atom. The lowest BCUT2D eigenvalue weighted by atomic mass is 10.1. The molecule has 0 atom stereocenters. The van der Waals surface area contributed by atoms with E-state index in [0.29, 0.717) is 0 Å². The first-order valence-corrected chi connectivity index (χ1v) is 14.4. The van der Waals surface area contributed by atoms with Gasteiger partial charge in [0.1, 0.15) is 0 Å². The van der Waals surface area contributed by atoms with Crippen LogP contribution in [0.2, 0.25) is 39.3 Å². The predicted molar refractivity (Wildman–Crippen MR) is 97.8 cm³/mol. The van der Waals surface area contributed by atoms with Crippen molar-refractivity contribution in [2.75, 3.05) is 0 Å². The van der Waals surface area contributed by atoms with E-state index in [2.05, 4.69) is 87.8 Å². The van der Waals surface area contributed by atoms with Gasteiger partial charge in [-0.3, -0.25) is 0 Å². The van der Waals surface area contributed by atoms with E-state index in [1.165, 1.54) is 21.5 Å². The largest absolute Gasteiger partial charge is 0.0775 e. The Kier molecular flexibility index (Phi) is 4.08. The van der Waals surface area contributed by atoms with Crippen molar-refractivity contribution in [1.29, 1.82) is 0 Å². The number of hydrogen-bond donors (Lipinski definition) is 0. The molecule has 0 nitrogen and oxygen atoms in total. The van der Waals surface area contributed by atoms with Gasteiger partial charge >= 0.3 is 0 Å². The summed E-state index contributed by atoms with van der Waals surface area (Å²) in [6, 6.07) is 18.4. The van der Waals surface area contributed by atoms with E-state index in [1.54, 1.807) is 0 Å². The smallest absolute Gasteiger partial charge is 0.0656 e. The molecule has 0 saturated heterocycles. The molecule has 0 aromatic heterocycles. The number of rotatable bonds is 3. The lowest BCUT2D eigenvalue weighted by molar-refractivity contribution is 1.61. The molecule has 0 N–H and O–H groups in total. The molecule has 2 aromatic carbocycles. The molecule has 0 unspecified atom stereocenters. The molecule has 2 heteroatoms. The lowest BCUT2D eigenvalue weighted by Crippen LogP contribution is -2.37. The fourth-order valence-corrected chi connectivity index (χ4v) is 4.66. The molecule has 0 saturated carbocycles. The van der Waals surface area contributed by atoms with Crippen LogP contribution in [0.3, 0.4) is 0 Å². The molecule has 0 spiro atoms. The second-order valence-electron chi connectivity index (χ2n) is 7.65. The fourth-order valence-electron chi connectivity index (χ4n) is 2.33. The van der Waals surface area contributed by atoms with E-state index in [4.69, 9.17) is 0 Å². The number of benzene rings is 2. The van der Waals surface area contributed by atoms with E-state index in [0.717, 1.165) is 0 Å². The van der Waals surface area contributed by atoms with E-state index in [-0.39, 0.29) is 0 Å². The summed E-state index contributed by atoms with van der Waals surface area (Å²) in [5.74, 6) is 0. The zero-order valence-electron chi connectivity index (χ0n) is 13.6. The molecule has 0 fully saturated rings. The first-order chi connectivity index (χ1) is 9.18. The van der Waals surface area contributed by atoms with Crippen LogP contribution in [0.5, 0.6) is 0 Å². The summed E-state index contributed by atoms with van der Waals surface area (Å²) in [6.07, 6.45) is 0. The topological polar surface area (TPSA) is 0 Å². The standard InChI is InChI=1S/C18H26Si2/c1-19(2,3)17-11-7-15(8-12-17)16-9-13-18(14-10-16)20(4,5)6/h7-14H,1-6H3. The monoisotopic (exact) mass is 298 g/mol. The van der Waals surface area contributed by atoms with Gasteiger partial charge in [0.25, 0.3) is 0 Å². The molecule has 0 heterocycles. The van der Waals surface area contributed by atoms with Crippen LogP contribution in [0.15, 0.2) is 48.5 Å². The molecular weight excluding hydrogens is 272 g/mol. The average molecular weight is 299 g/mol. The first-order valence-electron chi connectivity index (χ1n) is 7.39. The summed E-state index contributed by atoms with van der Waals surface area (Å²) >= 11 is 0. The highest BCUT2D eigenvalue weighted by Gasteiger charge is 2.17. The molecule has 0 aliphatic heterocycles. The van der Waals surface area contributed by atoms with Crippen LogP contribution in [0.1, 0.15) is 0 Å². The van der Waals surface area contributed by atoms with Crippen molar-refractivity contribution in [3.8, 4) is 11.1 Å². The van der Waals surface area contributed by atoms with E-state index in [1.807, 2.05) is 0 Å². The van der Waals surface area contributed by atoms with E-state index >= 15 is 0 Å². The quantitative estimate of drug-likeness (QED) is 0.735. The maximum atomic E-state index is 2.39. The van der Waals surface area contributed by atoms with Gasteiger partial charge in [0.15, 0.2) is 0 Å². The van der Waals surface area contributed by atoms with Gasteiger partial charge in [-0.1, -0.05) is 98.2 Å². The highest BCUT2D eigenvalue weighted by Crippen LogP contribution is 2.18. The Labute approximate surface area is 125 Å². The zero-order chi connectivity index (χ0) is 15.0. The minimum Gasteiger partial charge on any atom is -0.0656 e. The van der Waals surface area contributed by atoms with Crippen molar-refractivity contribution in [2.45, 2.75) is 39.3 Å². The summed E-state index contributed by atoms with van der Waals surface area (Å²) in [5.41, 5.74) is 2.66. The highest BCUT2D eigenvalue weighted by molar-refractivity contribution is 6.89. The normalized spacial score (nSPS) is 12.5. The summed E-state index contributed by atoms with van der Waals surface area (Å²) in [5, 5.41) is 3.06. The van der Waals surface area contributed by atoms with Crippen LogP contribution in [-0.2, 0) is 0 Å². The first kappa shape index (κ1) is 15.3. The molecule has 20 heavy (non-hydrogen) atoms. The molecule has 2 aromatic rings. The van der Waals surface area contributed by atoms with Gasteiger partial charge in [0.2, 0.25) is 0 Å². The van der Waals surface area contributed by atoms with Crippen molar-refractivity contribution in [3.05, 3.63) is 48.5 Å². The summed E-state index contributed by atoms with van der Waals surface area (Å²) in [6.45, 7) is 14.4. The minimum absolute atomic E-state index is 1.19. The van der Waals surface area contributed by atoms with Gasteiger partial charge in [-0.25, -0.2) is 0 Å². The predicted octanol–water partition coefficient (Wildman–Crippen LogP) is 4.44. The Balaban J connectivity index is 2.29. The molecular formula is C18H26Si2. The minimum atomic E-state index is -1.19.